The Morgan fingerprint density at radius 2 is 2.09 bits per heavy atom. The minimum Gasteiger partial charge on any atom is -0.376 e. The van der Waals surface area contributed by atoms with Crippen molar-refractivity contribution in [2.75, 3.05) is 25.0 Å². The molecule has 1 amide bonds. The summed E-state index contributed by atoms with van der Waals surface area (Å²) in [4.78, 5) is 22.5. The molecular weight excluding hydrogens is 292 g/mol. The molecule has 126 valence electrons. The first kappa shape index (κ1) is 16.2. The normalized spacial score (nSPS) is 25.8. The SMILES string of the molecule is CC(C)C(=O)N1CCC([C@@H]2OCC[C@H]2Nc2cnccn2)CC1. The first-order chi connectivity index (χ1) is 11.1. The summed E-state index contributed by atoms with van der Waals surface area (Å²) in [6.45, 7) is 6.41. The van der Waals surface area contributed by atoms with Gasteiger partial charge in [-0.05, 0) is 25.2 Å². The minimum atomic E-state index is 0.0837. The number of hydrogen-bond donors (Lipinski definition) is 1. The van der Waals surface area contributed by atoms with Gasteiger partial charge in [-0.2, -0.15) is 0 Å². The lowest BCUT2D eigenvalue weighted by atomic mass is 9.87. The Bertz CT molecular complexity index is 515. The molecule has 0 saturated carbocycles. The van der Waals surface area contributed by atoms with Gasteiger partial charge in [0.25, 0.3) is 0 Å². The van der Waals surface area contributed by atoms with Crippen LogP contribution in [0, 0.1) is 11.8 Å². The summed E-state index contributed by atoms with van der Waals surface area (Å²) in [5.41, 5.74) is 0. The summed E-state index contributed by atoms with van der Waals surface area (Å²) in [6, 6.07) is 0.282. The van der Waals surface area contributed by atoms with E-state index in [2.05, 4.69) is 15.3 Å². The molecule has 2 atom stereocenters. The number of hydrogen-bond acceptors (Lipinski definition) is 5. The number of ether oxygens (including phenoxy) is 1. The summed E-state index contributed by atoms with van der Waals surface area (Å²) >= 11 is 0. The van der Waals surface area contributed by atoms with Gasteiger partial charge < -0.3 is 15.0 Å². The van der Waals surface area contributed by atoms with Gasteiger partial charge in [0.05, 0.1) is 18.3 Å². The largest absolute Gasteiger partial charge is 0.376 e. The Balaban J connectivity index is 1.56. The molecule has 1 aromatic heterocycles. The van der Waals surface area contributed by atoms with Gasteiger partial charge in [0.2, 0.25) is 5.91 Å². The Morgan fingerprint density at radius 3 is 2.74 bits per heavy atom. The standard InChI is InChI=1S/C17H26N4O2/c1-12(2)17(22)21-8-3-13(4-9-21)16-14(5-10-23-16)20-15-11-18-6-7-19-15/h6-7,11-14,16H,3-5,8-10H2,1-2H3,(H,19,20)/t14-,16+/m1/s1. The molecule has 3 heterocycles. The molecule has 2 aliphatic heterocycles. The number of nitrogens with one attached hydrogen (secondary N) is 1. The van der Waals surface area contributed by atoms with Crippen LogP contribution in [0.25, 0.3) is 0 Å². The van der Waals surface area contributed by atoms with Crippen LogP contribution in [0.1, 0.15) is 33.1 Å². The number of anilines is 1. The Morgan fingerprint density at radius 1 is 1.30 bits per heavy atom. The number of rotatable bonds is 4. The predicted molar refractivity (Wildman–Crippen MR) is 87.9 cm³/mol. The average Bonchev–Trinajstić information content (AvgIpc) is 3.03. The molecule has 1 N–H and O–H groups in total. The third-order valence-electron chi connectivity index (χ3n) is 4.84. The van der Waals surface area contributed by atoms with E-state index in [1.54, 1.807) is 18.6 Å². The van der Waals surface area contributed by atoms with Crippen LogP contribution in [-0.2, 0) is 9.53 Å². The van der Waals surface area contributed by atoms with Gasteiger partial charge in [-0.25, -0.2) is 4.98 Å². The van der Waals surface area contributed by atoms with Crippen molar-refractivity contribution >= 4 is 11.7 Å². The number of aromatic nitrogens is 2. The van der Waals surface area contributed by atoms with Gasteiger partial charge in [0.15, 0.2) is 0 Å². The topological polar surface area (TPSA) is 67.3 Å². The van der Waals surface area contributed by atoms with Crippen molar-refractivity contribution < 1.29 is 9.53 Å². The second-order valence-corrected chi connectivity index (χ2v) is 6.78. The minimum absolute atomic E-state index is 0.0837. The number of amides is 1. The van der Waals surface area contributed by atoms with E-state index >= 15 is 0 Å². The van der Waals surface area contributed by atoms with Crippen LogP contribution in [-0.4, -0.2) is 52.6 Å². The molecule has 6 nitrogen and oxygen atoms in total. The average molecular weight is 318 g/mol. The van der Waals surface area contributed by atoms with E-state index in [0.717, 1.165) is 44.8 Å². The molecule has 0 spiro atoms. The smallest absolute Gasteiger partial charge is 0.225 e. The maximum atomic E-state index is 12.1. The van der Waals surface area contributed by atoms with Crippen molar-refractivity contribution in [2.24, 2.45) is 11.8 Å². The monoisotopic (exact) mass is 318 g/mol. The van der Waals surface area contributed by atoms with Crippen LogP contribution >= 0.6 is 0 Å². The second kappa shape index (κ2) is 7.25. The van der Waals surface area contributed by atoms with Crippen molar-refractivity contribution in [3.05, 3.63) is 18.6 Å². The molecule has 2 aliphatic rings. The highest BCUT2D eigenvalue weighted by Gasteiger charge is 2.37. The highest BCUT2D eigenvalue weighted by atomic mass is 16.5. The van der Waals surface area contributed by atoms with Crippen molar-refractivity contribution in [2.45, 2.75) is 45.3 Å². The molecule has 0 aromatic carbocycles. The zero-order valence-electron chi connectivity index (χ0n) is 13.9. The van der Waals surface area contributed by atoms with Crippen LogP contribution in [0.4, 0.5) is 5.82 Å². The van der Waals surface area contributed by atoms with Crippen LogP contribution in [0.15, 0.2) is 18.6 Å². The van der Waals surface area contributed by atoms with Gasteiger partial charge in [0, 0.05) is 38.0 Å². The molecule has 0 radical (unpaired) electrons. The molecule has 0 aliphatic carbocycles. The molecular formula is C17H26N4O2. The van der Waals surface area contributed by atoms with Crippen molar-refractivity contribution in [3.63, 3.8) is 0 Å². The van der Waals surface area contributed by atoms with E-state index in [0.29, 0.717) is 5.92 Å². The van der Waals surface area contributed by atoms with E-state index in [9.17, 15) is 4.79 Å². The maximum Gasteiger partial charge on any atom is 0.225 e. The molecule has 3 rings (SSSR count). The van der Waals surface area contributed by atoms with Crippen molar-refractivity contribution in [1.29, 1.82) is 0 Å². The first-order valence-corrected chi connectivity index (χ1v) is 8.58. The number of likely N-dealkylation sites (tertiary alicyclic amines) is 1. The number of nitrogens with zero attached hydrogens (tertiary/aromatic N) is 3. The lowest BCUT2D eigenvalue weighted by molar-refractivity contribution is -0.136. The summed E-state index contributed by atoms with van der Waals surface area (Å²) in [5.74, 6) is 1.66. The fraction of sp³-hybridized carbons (Fsp3) is 0.706. The van der Waals surface area contributed by atoms with Crippen molar-refractivity contribution in [3.8, 4) is 0 Å². The van der Waals surface area contributed by atoms with E-state index in [4.69, 9.17) is 4.74 Å². The quantitative estimate of drug-likeness (QED) is 0.919. The first-order valence-electron chi connectivity index (χ1n) is 8.58. The number of carbonyl (C=O) groups is 1. The van der Waals surface area contributed by atoms with Gasteiger partial charge in [-0.15, -0.1) is 0 Å². The summed E-state index contributed by atoms with van der Waals surface area (Å²) in [6.07, 6.45) is 8.35. The van der Waals surface area contributed by atoms with Gasteiger partial charge in [-0.1, -0.05) is 13.8 Å². The third-order valence-corrected chi connectivity index (χ3v) is 4.84. The molecule has 0 unspecified atom stereocenters. The van der Waals surface area contributed by atoms with E-state index in [1.165, 1.54) is 0 Å². The second-order valence-electron chi connectivity index (χ2n) is 6.78. The van der Waals surface area contributed by atoms with Crippen LogP contribution in [0.2, 0.25) is 0 Å². The van der Waals surface area contributed by atoms with E-state index in [1.807, 2.05) is 18.7 Å². The number of piperidine rings is 1. The molecule has 0 bridgehead atoms. The molecule has 6 heteroatoms. The van der Waals surface area contributed by atoms with Gasteiger partial charge >= 0.3 is 0 Å². The molecule has 1 aromatic rings. The molecule has 2 fully saturated rings. The molecule has 2 saturated heterocycles. The lowest BCUT2D eigenvalue weighted by Gasteiger charge is -2.37. The fourth-order valence-electron chi connectivity index (χ4n) is 3.61. The lowest BCUT2D eigenvalue weighted by Crippen LogP contribution is -2.45. The third kappa shape index (κ3) is 3.80. The summed E-state index contributed by atoms with van der Waals surface area (Å²) in [7, 11) is 0. The predicted octanol–water partition coefficient (Wildman–Crippen LogP) is 1.94. The highest BCUT2D eigenvalue weighted by molar-refractivity contribution is 5.78. The Hall–Kier alpha value is -1.69. The van der Waals surface area contributed by atoms with Crippen molar-refractivity contribution in [1.82, 2.24) is 14.9 Å². The van der Waals surface area contributed by atoms with Gasteiger partial charge in [-0.3, -0.25) is 9.78 Å². The maximum absolute atomic E-state index is 12.1. The summed E-state index contributed by atoms with van der Waals surface area (Å²) < 4.78 is 6.01. The zero-order chi connectivity index (χ0) is 16.2. The van der Waals surface area contributed by atoms with Crippen LogP contribution in [0.5, 0.6) is 0 Å². The van der Waals surface area contributed by atoms with Gasteiger partial charge in [0.1, 0.15) is 5.82 Å². The van der Waals surface area contributed by atoms with Crippen LogP contribution in [0.3, 0.4) is 0 Å². The van der Waals surface area contributed by atoms with E-state index < -0.39 is 0 Å². The van der Waals surface area contributed by atoms with E-state index in [-0.39, 0.29) is 24.0 Å². The summed E-state index contributed by atoms with van der Waals surface area (Å²) in [5, 5.41) is 3.46. The number of carbonyl (C=O) groups excluding carboxylic acids is 1. The highest BCUT2D eigenvalue weighted by Crippen LogP contribution is 2.31. The molecule has 23 heavy (non-hydrogen) atoms. The fourth-order valence-corrected chi connectivity index (χ4v) is 3.61. The zero-order valence-corrected chi connectivity index (χ0v) is 13.9. The Labute approximate surface area is 137 Å². The van der Waals surface area contributed by atoms with Crippen LogP contribution < -0.4 is 5.32 Å². The Kier molecular flexibility index (Phi) is 5.10.